The SMILES string of the molecule is C=C(CC(=O)O)C(=C)C(=O)OC(CC(=O)[O-])C[N+](C)(C)C. The molecule has 1 N–H and O–H groups in total. The Kier molecular flexibility index (Phi) is 6.81. The van der Waals surface area contributed by atoms with Crippen LogP contribution in [0.4, 0.5) is 0 Å². The number of quaternary nitrogens is 1. The summed E-state index contributed by atoms with van der Waals surface area (Å²) < 4.78 is 5.46. The van der Waals surface area contributed by atoms with E-state index in [0.29, 0.717) is 4.48 Å². The summed E-state index contributed by atoms with van der Waals surface area (Å²) in [5.41, 5.74) is -0.160. The zero-order valence-corrected chi connectivity index (χ0v) is 12.5. The number of carboxylic acid groups (broad SMARTS) is 2. The van der Waals surface area contributed by atoms with Crippen molar-refractivity contribution in [3.8, 4) is 0 Å². The summed E-state index contributed by atoms with van der Waals surface area (Å²) in [5, 5.41) is 19.3. The van der Waals surface area contributed by atoms with E-state index in [1.165, 1.54) is 0 Å². The van der Waals surface area contributed by atoms with Crippen LogP contribution >= 0.6 is 0 Å². The molecule has 0 saturated carbocycles. The van der Waals surface area contributed by atoms with E-state index in [9.17, 15) is 19.5 Å². The molecule has 118 valence electrons. The summed E-state index contributed by atoms with van der Waals surface area (Å²) in [5.74, 6) is -3.36. The first kappa shape index (κ1) is 18.9. The number of hydrogen-bond donors (Lipinski definition) is 1. The highest BCUT2D eigenvalue weighted by Gasteiger charge is 2.24. The van der Waals surface area contributed by atoms with E-state index in [1.807, 2.05) is 21.1 Å². The van der Waals surface area contributed by atoms with Crippen LogP contribution in [0.3, 0.4) is 0 Å². The fourth-order valence-corrected chi connectivity index (χ4v) is 1.60. The minimum absolute atomic E-state index is 0.0185. The fourth-order valence-electron chi connectivity index (χ4n) is 1.60. The number of aliphatic carboxylic acids is 2. The minimum Gasteiger partial charge on any atom is -0.550 e. The Morgan fingerprint density at radius 2 is 1.76 bits per heavy atom. The van der Waals surface area contributed by atoms with E-state index >= 15 is 0 Å². The molecule has 0 aliphatic rings. The lowest BCUT2D eigenvalue weighted by Crippen LogP contribution is -2.45. The molecule has 0 aromatic carbocycles. The van der Waals surface area contributed by atoms with Crippen molar-refractivity contribution >= 4 is 17.9 Å². The van der Waals surface area contributed by atoms with Gasteiger partial charge in [-0.25, -0.2) is 4.79 Å². The molecule has 0 aliphatic heterocycles. The molecule has 21 heavy (non-hydrogen) atoms. The molecule has 0 radical (unpaired) electrons. The average molecular weight is 299 g/mol. The molecule has 1 unspecified atom stereocenters. The average Bonchev–Trinajstić information content (AvgIpc) is 2.23. The smallest absolute Gasteiger partial charge is 0.338 e. The third-order valence-electron chi connectivity index (χ3n) is 2.46. The quantitative estimate of drug-likeness (QED) is 0.262. The van der Waals surface area contributed by atoms with Gasteiger partial charge in [-0.3, -0.25) is 4.79 Å². The highest BCUT2D eigenvalue weighted by molar-refractivity contribution is 5.94. The Morgan fingerprint density at radius 1 is 1.24 bits per heavy atom. The molecule has 0 amide bonds. The monoisotopic (exact) mass is 299 g/mol. The Labute approximate surface area is 123 Å². The minimum atomic E-state index is -1.34. The van der Waals surface area contributed by atoms with Crippen molar-refractivity contribution in [2.24, 2.45) is 0 Å². The molecule has 1 atom stereocenters. The molecule has 0 saturated heterocycles. The number of carbonyl (C=O) groups is 3. The predicted molar refractivity (Wildman–Crippen MR) is 72.9 cm³/mol. The largest absolute Gasteiger partial charge is 0.550 e. The van der Waals surface area contributed by atoms with Gasteiger partial charge < -0.3 is 24.2 Å². The van der Waals surface area contributed by atoms with E-state index in [1.54, 1.807) is 0 Å². The molecule has 0 heterocycles. The Balaban J connectivity index is 4.79. The summed E-state index contributed by atoms with van der Waals surface area (Å²) in [7, 11) is 5.44. The fraction of sp³-hybridized carbons (Fsp3) is 0.500. The number of hydrogen-bond acceptors (Lipinski definition) is 5. The summed E-state index contributed by atoms with van der Waals surface area (Å²) >= 11 is 0. The Morgan fingerprint density at radius 3 is 2.14 bits per heavy atom. The van der Waals surface area contributed by atoms with Crippen LogP contribution in [0, 0.1) is 0 Å². The lowest BCUT2D eigenvalue weighted by Gasteiger charge is -2.29. The van der Waals surface area contributed by atoms with E-state index < -0.39 is 36.9 Å². The second-order valence-corrected chi connectivity index (χ2v) is 5.73. The Hall–Kier alpha value is -2.15. The van der Waals surface area contributed by atoms with Crippen LogP contribution in [-0.4, -0.2) is 61.3 Å². The molecular formula is C14H21NO6. The van der Waals surface area contributed by atoms with E-state index in [0.717, 1.165) is 0 Å². The number of ether oxygens (including phenoxy) is 1. The zero-order chi connectivity index (χ0) is 16.8. The third-order valence-corrected chi connectivity index (χ3v) is 2.46. The number of rotatable bonds is 9. The highest BCUT2D eigenvalue weighted by atomic mass is 16.5. The van der Waals surface area contributed by atoms with Gasteiger partial charge in [-0.05, 0) is 5.57 Å². The van der Waals surface area contributed by atoms with Crippen molar-refractivity contribution in [2.75, 3.05) is 27.7 Å². The lowest BCUT2D eigenvalue weighted by atomic mass is 10.1. The van der Waals surface area contributed by atoms with Gasteiger partial charge in [-0.2, -0.15) is 0 Å². The second kappa shape index (κ2) is 7.58. The Bertz CT molecular complexity index is 461. The predicted octanol–water partition coefficient (Wildman–Crippen LogP) is -0.668. The van der Waals surface area contributed by atoms with Gasteiger partial charge in [0.15, 0.2) is 6.10 Å². The molecule has 0 bridgehead atoms. The van der Waals surface area contributed by atoms with Crippen LogP contribution in [0.1, 0.15) is 12.8 Å². The number of likely N-dealkylation sites (N-methyl/N-ethyl adjacent to an activating group) is 1. The van der Waals surface area contributed by atoms with Crippen molar-refractivity contribution in [1.29, 1.82) is 0 Å². The van der Waals surface area contributed by atoms with Gasteiger partial charge in [0.05, 0.1) is 33.1 Å². The van der Waals surface area contributed by atoms with Crippen LogP contribution in [-0.2, 0) is 19.1 Å². The summed E-state index contributed by atoms with van der Waals surface area (Å²) in [4.78, 5) is 33.1. The third kappa shape index (κ3) is 8.59. The number of carboxylic acids is 2. The first-order chi connectivity index (χ1) is 9.42. The summed E-state index contributed by atoms with van der Waals surface area (Å²) in [6, 6.07) is 0. The van der Waals surface area contributed by atoms with Crippen LogP contribution < -0.4 is 5.11 Å². The molecule has 7 nitrogen and oxygen atoms in total. The van der Waals surface area contributed by atoms with E-state index in [4.69, 9.17) is 9.84 Å². The molecule has 0 aliphatic carbocycles. The molecule has 0 fully saturated rings. The maximum Gasteiger partial charge on any atom is 0.338 e. The number of esters is 1. The van der Waals surface area contributed by atoms with Gasteiger partial charge >= 0.3 is 11.9 Å². The van der Waals surface area contributed by atoms with Crippen molar-refractivity contribution < 1.29 is 33.8 Å². The number of carbonyl (C=O) groups excluding carboxylic acids is 2. The topological polar surface area (TPSA) is 104 Å². The van der Waals surface area contributed by atoms with Crippen molar-refractivity contribution in [2.45, 2.75) is 18.9 Å². The van der Waals surface area contributed by atoms with Gasteiger partial charge in [0, 0.05) is 12.4 Å². The first-order valence-corrected chi connectivity index (χ1v) is 6.22. The van der Waals surface area contributed by atoms with Gasteiger partial charge in [-0.1, -0.05) is 13.2 Å². The van der Waals surface area contributed by atoms with Crippen molar-refractivity contribution in [3.63, 3.8) is 0 Å². The van der Waals surface area contributed by atoms with Crippen LogP contribution in [0.2, 0.25) is 0 Å². The van der Waals surface area contributed by atoms with Gasteiger partial charge in [0.25, 0.3) is 0 Å². The van der Waals surface area contributed by atoms with E-state index in [2.05, 4.69) is 13.2 Å². The normalized spacial score (nSPS) is 12.3. The summed E-state index contributed by atoms with van der Waals surface area (Å²) in [6.07, 6.45) is -1.77. The number of nitrogens with zero attached hydrogens (tertiary/aromatic N) is 1. The molecule has 0 aromatic heterocycles. The molecule has 0 spiro atoms. The van der Waals surface area contributed by atoms with Crippen molar-refractivity contribution in [1.82, 2.24) is 0 Å². The maximum atomic E-state index is 11.8. The standard InChI is InChI=1S/C14H21NO6/c1-9(6-12(16)17)10(2)14(20)21-11(7-13(18)19)8-15(3,4)5/h11H,1-2,6-8H2,3-5H3,(H-,16,17,18,19). The van der Waals surface area contributed by atoms with Gasteiger partial charge in [-0.15, -0.1) is 0 Å². The van der Waals surface area contributed by atoms with Crippen LogP contribution in [0.25, 0.3) is 0 Å². The van der Waals surface area contributed by atoms with Crippen LogP contribution in [0.5, 0.6) is 0 Å². The van der Waals surface area contributed by atoms with Gasteiger partial charge in [0.2, 0.25) is 0 Å². The zero-order valence-electron chi connectivity index (χ0n) is 12.5. The van der Waals surface area contributed by atoms with Crippen molar-refractivity contribution in [3.05, 3.63) is 24.3 Å². The highest BCUT2D eigenvalue weighted by Crippen LogP contribution is 2.14. The second-order valence-electron chi connectivity index (χ2n) is 5.73. The molecule has 0 aromatic rings. The molecular weight excluding hydrogens is 278 g/mol. The van der Waals surface area contributed by atoms with Crippen LogP contribution in [0.15, 0.2) is 24.3 Å². The maximum absolute atomic E-state index is 11.8. The first-order valence-electron chi connectivity index (χ1n) is 6.22. The summed E-state index contributed by atoms with van der Waals surface area (Å²) in [6.45, 7) is 7.14. The molecule has 0 rings (SSSR count). The molecule has 7 heteroatoms. The van der Waals surface area contributed by atoms with Gasteiger partial charge in [0.1, 0.15) is 6.54 Å². The van der Waals surface area contributed by atoms with E-state index in [-0.39, 0.29) is 17.7 Å². The lowest BCUT2D eigenvalue weighted by molar-refractivity contribution is -0.873.